The number of rotatable bonds is 5. The predicted molar refractivity (Wildman–Crippen MR) is 106 cm³/mol. The van der Waals surface area contributed by atoms with Gasteiger partial charge in [0.05, 0.1) is 23.5 Å². The molecule has 28 heavy (non-hydrogen) atoms. The Morgan fingerprint density at radius 1 is 1.21 bits per heavy atom. The fourth-order valence-electron chi connectivity index (χ4n) is 3.30. The molecule has 8 heteroatoms. The molecule has 1 amide bonds. The number of halogens is 1. The molecule has 1 aliphatic rings. The van der Waals surface area contributed by atoms with Crippen molar-refractivity contribution in [2.75, 3.05) is 18.4 Å². The fourth-order valence-corrected chi connectivity index (χ4v) is 3.52. The average molecular weight is 398 g/mol. The monoisotopic (exact) mass is 397 g/mol. The number of anilines is 1. The number of nitrogens with zero attached hydrogens (tertiary/aromatic N) is 4. The van der Waals surface area contributed by atoms with Crippen molar-refractivity contribution in [3.63, 3.8) is 0 Å². The Balaban J connectivity index is 1.30. The topological polar surface area (TPSA) is 84.2 Å². The number of amides is 1. The quantitative estimate of drug-likeness (QED) is 0.707. The summed E-state index contributed by atoms with van der Waals surface area (Å²) in [5.74, 6) is 1.09. The molecule has 1 saturated heterocycles. The van der Waals surface area contributed by atoms with Crippen molar-refractivity contribution in [2.24, 2.45) is 5.92 Å². The Hall–Kier alpha value is -2.77. The number of pyridine rings is 1. The highest BCUT2D eigenvalue weighted by atomic mass is 35.5. The van der Waals surface area contributed by atoms with Crippen LogP contribution < -0.4 is 5.32 Å². The number of benzene rings is 1. The van der Waals surface area contributed by atoms with Crippen molar-refractivity contribution in [1.29, 1.82) is 0 Å². The summed E-state index contributed by atoms with van der Waals surface area (Å²) in [6.07, 6.45) is 4.91. The molecule has 3 heterocycles. The van der Waals surface area contributed by atoms with Gasteiger partial charge in [-0.15, -0.1) is 0 Å². The van der Waals surface area contributed by atoms with Gasteiger partial charge in [0, 0.05) is 17.7 Å². The van der Waals surface area contributed by atoms with Crippen molar-refractivity contribution < 1.29 is 9.32 Å². The molecule has 4 rings (SSSR count). The molecule has 0 spiro atoms. The van der Waals surface area contributed by atoms with Crippen LogP contribution in [0.2, 0.25) is 5.02 Å². The third-order valence-electron chi connectivity index (χ3n) is 4.83. The first-order valence-corrected chi connectivity index (χ1v) is 9.57. The Morgan fingerprint density at radius 3 is 2.79 bits per heavy atom. The molecular formula is C20H20ClN5O2. The van der Waals surface area contributed by atoms with Crippen LogP contribution in [-0.2, 0) is 11.3 Å². The number of hydrogen-bond acceptors (Lipinski definition) is 6. The van der Waals surface area contributed by atoms with Gasteiger partial charge in [-0.05, 0) is 50.2 Å². The largest absolute Gasteiger partial charge is 0.338 e. The Kier molecular flexibility index (Phi) is 5.64. The summed E-state index contributed by atoms with van der Waals surface area (Å²) in [4.78, 5) is 23.1. The summed E-state index contributed by atoms with van der Waals surface area (Å²) in [5.41, 5.74) is 1.48. The molecule has 1 N–H and O–H groups in total. The van der Waals surface area contributed by atoms with Gasteiger partial charge < -0.3 is 9.84 Å². The predicted octanol–water partition coefficient (Wildman–Crippen LogP) is 3.64. The van der Waals surface area contributed by atoms with E-state index in [2.05, 4.69) is 25.3 Å². The molecule has 1 fully saturated rings. The van der Waals surface area contributed by atoms with Crippen LogP contribution in [0.5, 0.6) is 0 Å². The lowest BCUT2D eigenvalue weighted by molar-refractivity contribution is -0.121. The molecule has 0 radical (unpaired) electrons. The minimum Gasteiger partial charge on any atom is -0.338 e. The Morgan fingerprint density at radius 2 is 2.04 bits per heavy atom. The van der Waals surface area contributed by atoms with Gasteiger partial charge >= 0.3 is 0 Å². The SMILES string of the molecule is O=C(Nc1cccnc1)C1CCN(Cc2nc(-c3ccccc3Cl)no2)CC1. The smallest absolute Gasteiger partial charge is 0.241 e. The fraction of sp³-hybridized carbons (Fsp3) is 0.300. The number of carbonyl (C=O) groups excluding carboxylic acids is 1. The first-order valence-electron chi connectivity index (χ1n) is 9.20. The zero-order valence-corrected chi connectivity index (χ0v) is 16.0. The van der Waals surface area contributed by atoms with Gasteiger partial charge in [-0.3, -0.25) is 14.7 Å². The number of piperidine rings is 1. The van der Waals surface area contributed by atoms with Crippen LogP contribution in [0.15, 0.2) is 53.3 Å². The van der Waals surface area contributed by atoms with Crippen LogP contribution in [0, 0.1) is 5.92 Å². The molecule has 0 unspecified atom stereocenters. The number of likely N-dealkylation sites (tertiary alicyclic amines) is 1. The van der Waals surface area contributed by atoms with Gasteiger partial charge in [-0.25, -0.2) is 0 Å². The van der Waals surface area contributed by atoms with E-state index in [1.54, 1.807) is 24.5 Å². The average Bonchev–Trinajstić information content (AvgIpc) is 3.18. The highest BCUT2D eigenvalue weighted by Crippen LogP contribution is 2.26. The molecule has 2 aromatic heterocycles. The summed E-state index contributed by atoms with van der Waals surface area (Å²) in [6.45, 7) is 2.16. The molecule has 3 aromatic rings. The molecule has 0 saturated carbocycles. The van der Waals surface area contributed by atoms with Crippen molar-refractivity contribution in [3.8, 4) is 11.4 Å². The maximum absolute atomic E-state index is 12.4. The molecular weight excluding hydrogens is 378 g/mol. The molecule has 0 atom stereocenters. The molecule has 0 bridgehead atoms. The summed E-state index contributed by atoms with van der Waals surface area (Å²) in [5, 5.41) is 7.56. The molecule has 144 valence electrons. The van der Waals surface area contributed by atoms with Crippen LogP contribution >= 0.6 is 11.6 Å². The minimum atomic E-state index is -0.00201. The molecule has 0 aliphatic carbocycles. The van der Waals surface area contributed by atoms with E-state index in [0.29, 0.717) is 23.3 Å². The number of hydrogen-bond donors (Lipinski definition) is 1. The lowest BCUT2D eigenvalue weighted by Gasteiger charge is -2.30. The van der Waals surface area contributed by atoms with Gasteiger partial charge in [-0.1, -0.05) is 28.9 Å². The summed E-state index contributed by atoms with van der Waals surface area (Å²) in [6, 6.07) is 11.1. The molecule has 1 aromatic carbocycles. The summed E-state index contributed by atoms with van der Waals surface area (Å²) in [7, 11) is 0. The minimum absolute atomic E-state index is 0.00201. The van der Waals surface area contributed by atoms with E-state index in [0.717, 1.165) is 37.2 Å². The number of aromatic nitrogens is 3. The van der Waals surface area contributed by atoms with Gasteiger partial charge in [0.1, 0.15) is 0 Å². The number of nitrogens with one attached hydrogen (secondary N) is 1. The highest BCUT2D eigenvalue weighted by molar-refractivity contribution is 6.33. The van der Waals surface area contributed by atoms with Gasteiger partial charge in [-0.2, -0.15) is 4.98 Å². The first-order chi connectivity index (χ1) is 13.7. The van der Waals surface area contributed by atoms with E-state index in [1.807, 2.05) is 24.3 Å². The third-order valence-corrected chi connectivity index (χ3v) is 5.16. The van der Waals surface area contributed by atoms with E-state index >= 15 is 0 Å². The van der Waals surface area contributed by atoms with Crippen LogP contribution in [0.3, 0.4) is 0 Å². The Bertz CT molecular complexity index is 939. The van der Waals surface area contributed by atoms with Crippen LogP contribution in [0.25, 0.3) is 11.4 Å². The van der Waals surface area contributed by atoms with Gasteiger partial charge in [0.2, 0.25) is 17.6 Å². The van der Waals surface area contributed by atoms with E-state index in [4.69, 9.17) is 16.1 Å². The van der Waals surface area contributed by atoms with Crippen molar-refractivity contribution >= 4 is 23.2 Å². The zero-order chi connectivity index (χ0) is 19.3. The van der Waals surface area contributed by atoms with E-state index in [9.17, 15) is 4.79 Å². The molecule has 7 nitrogen and oxygen atoms in total. The zero-order valence-electron chi connectivity index (χ0n) is 15.2. The first kappa shape index (κ1) is 18.6. The van der Waals surface area contributed by atoms with Crippen LogP contribution in [-0.4, -0.2) is 39.0 Å². The third kappa shape index (κ3) is 4.37. The van der Waals surface area contributed by atoms with Crippen molar-refractivity contribution in [3.05, 3.63) is 59.7 Å². The second kappa shape index (κ2) is 8.50. The van der Waals surface area contributed by atoms with E-state index < -0.39 is 0 Å². The lowest BCUT2D eigenvalue weighted by atomic mass is 9.96. The van der Waals surface area contributed by atoms with Crippen LogP contribution in [0.1, 0.15) is 18.7 Å². The van der Waals surface area contributed by atoms with Gasteiger partial charge in [0.15, 0.2) is 0 Å². The van der Waals surface area contributed by atoms with E-state index in [1.165, 1.54) is 0 Å². The maximum atomic E-state index is 12.4. The van der Waals surface area contributed by atoms with E-state index in [-0.39, 0.29) is 11.8 Å². The van der Waals surface area contributed by atoms with Crippen molar-refractivity contribution in [1.82, 2.24) is 20.0 Å². The Labute approximate surface area is 167 Å². The number of carbonyl (C=O) groups is 1. The highest BCUT2D eigenvalue weighted by Gasteiger charge is 2.26. The normalized spacial score (nSPS) is 15.5. The lowest BCUT2D eigenvalue weighted by Crippen LogP contribution is -2.37. The van der Waals surface area contributed by atoms with Gasteiger partial charge in [0.25, 0.3) is 0 Å². The second-order valence-corrected chi connectivity index (χ2v) is 7.18. The van der Waals surface area contributed by atoms with Crippen molar-refractivity contribution in [2.45, 2.75) is 19.4 Å². The standard InChI is InChI=1S/C20H20ClN5O2/c21-17-6-2-1-5-16(17)19-24-18(28-25-19)13-26-10-7-14(8-11-26)20(27)23-15-4-3-9-22-12-15/h1-6,9,12,14H,7-8,10-11,13H2,(H,23,27). The van der Waals surface area contributed by atoms with Crippen LogP contribution in [0.4, 0.5) is 5.69 Å². The summed E-state index contributed by atoms with van der Waals surface area (Å²) < 4.78 is 5.38. The molecule has 1 aliphatic heterocycles. The maximum Gasteiger partial charge on any atom is 0.241 e. The summed E-state index contributed by atoms with van der Waals surface area (Å²) >= 11 is 6.19. The second-order valence-electron chi connectivity index (χ2n) is 6.77.